The molecule has 0 bridgehead atoms. The van der Waals surface area contributed by atoms with Crippen molar-refractivity contribution in [2.45, 2.75) is 52.0 Å². The summed E-state index contributed by atoms with van der Waals surface area (Å²) in [6, 6.07) is 16.9. The van der Waals surface area contributed by atoms with Crippen molar-refractivity contribution in [1.29, 1.82) is 0 Å². The van der Waals surface area contributed by atoms with E-state index in [4.69, 9.17) is 11.6 Å². The maximum absolute atomic E-state index is 13.2. The highest BCUT2D eigenvalue weighted by molar-refractivity contribution is 6.30. The molecule has 1 unspecified atom stereocenters. The smallest absolute Gasteiger partial charge is 0.242 e. The average Bonchev–Trinajstić information content (AvgIpc) is 2.73. The van der Waals surface area contributed by atoms with Crippen molar-refractivity contribution in [2.24, 2.45) is 0 Å². The number of unbranched alkanes of at least 4 members (excludes halogenated alkanes) is 1. The molecule has 0 saturated heterocycles. The number of carbonyl (C=O) groups is 2. The van der Waals surface area contributed by atoms with E-state index in [0.29, 0.717) is 31.0 Å². The molecule has 0 aromatic heterocycles. The highest BCUT2D eigenvalue weighted by Gasteiger charge is 2.28. The lowest BCUT2D eigenvalue weighted by Gasteiger charge is -2.30. The van der Waals surface area contributed by atoms with Crippen molar-refractivity contribution in [2.75, 3.05) is 13.1 Å². The predicted molar refractivity (Wildman–Crippen MR) is 119 cm³/mol. The number of halogens is 1. The van der Waals surface area contributed by atoms with Crippen LogP contribution >= 0.6 is 11.6 Å². The molecular weight excluding hydrogens is 384 g/mol. The summed E-state index contributed by atoms with van der Waals surface area (Å²) < 4.78 is 0. The second-order valence-electron chi connectivity index (χ2n) is 7.19. The topological polar surface area (TPSA) is 49.4 Å². The van der Waals surface area contributed by atoms with Gasteiger partial charge in [0.2, 0.25) is 11.8 Å². The Morgan fingerprint density at radius 3 is 2.31 bits per heavy atom. The number of rotatable bonds is 11. The van der Waals surface area contributed by atoms with Crippen LogP contribution in [0.4, 0.5) is 0 Å². The van der Waals surface area contributed by atoms with E-state index in [9.17, 15) is 9.59 Å². The Kier molecular flexibility index (Phi) is 9.72. The first kappa shape index (κ1) is 23.0. The maximum atomic E-state index is 13.2. The minimum absolute atomic E-state index is 0.0410. The van der Waals surface area contributed by atoms with E-state index in [1.807, 2.05) is 49.4 Å². The molecule has 5 heteroatoms. The third-order valence-electron chi connectivity index (χ3n) is 4.97. The van der Waals surface area contributed by atoms with E-state index < -0.39 is 6.04 Å². The first-order valence-corrected chi connectivity index (χ1v) is 10.8. The molecular formula is C24H31ClN2O2. The van der Waals surface area contributed by atoms with Gasteiger partial charge in [0.05, 0.1) is 6.42 Å². The third-order valence-corrected chi connectivity index (χ3v) is 5.22. The largest absolute Gasteiger partial charge is 0.354 e. The van der Waals surface area contributed by atoms with Crippen molar-refractivity contribution in [3.05, 3.63) is 70.7 Å². The molecule has 0 radical (unpaired) electrons. The van der Waals surface area contributed by atoms with Crippen molar-refractivity contribution in [1.82, 2.24) is 10.2 Å². The zero-order chi connectivity index (χ0) is 21.1. The summed E-state index contributed by atoms with van der Waals surface area (Å²) in [5, 5.41) is 3.63. The van der Waals surface area contributed by atoms with Crippen LogP contribution in [0.25, 0.3) is 0 Å². The van der Waals surface area contributed by atoms with E-state index in [-0.39, 0.29) is 18.2 Å². The lowest BCUT2D eigenvalue weighted by atomic mass is 10.1. The van der Waals surface area contributed by atoms with Gasteiger partial charge in [0.25, 0.3) is 0 Å². The molecule has 2 aromatic carbocycles. The minimum Gasteiger partial charge on any atom is -0.354 e. The predicted octanol–water partition coefficient (Wildman–Crippen LogP) is 4.65. The molecule has 0 fully saturated rings. The molecule has 0 heterocycles. The number of hydrogen-bond donors (Lipinski definition) is 1. The molecule has 29 heavy (non-hydrogen) atoms. The van der Waals surface area contributed by atoms with Gasteiger partial charge < -0.3 is 10.2 Å². The number of benzene rings is 2. The number of nitrogens with zero attached hydrogens (tertiary/aromatic N) is 1. The van der Waals surface area contributed by atoms with E-state index in [1.165, 1.54) is 0 Å². The van der Waals surface area contributed by atoms with Gasteiger partial charge >= 0.3 is 0 Å². The molecule has 0 aliphatic heterocycles. The van der Waals surface area contributed by atoms with Crippen LogP contribution in [0.1, 0.15) is 44.2 Å². The van der Waals surface area contributed by atoms with Crippen LogP contribution < -0.4 is 5.32 Å². The molecule has 2 amide bonds. The Labute approximate surface area is 179 Å². The van der Waals surface area contributed by atoms with Crippen LogP contribution in [0.15, 0.2) is 54.6 Å². The van der Waals surface area contributed by atoms with Gasteiger partial charge in [-0.25, -0.2) is 0 Å². The van der Waals surface area contributed by atoms with Crippen LogP contribution in [0.3, 0.4) is 0 Å². The fourth-order valence-corrected chi connectivity index (χ4v) is 3.41. The van der Waals surface area contributed by atoms with Crippen molar-refractivity contribution < 1.29 is 9.59 Å². The molecule has 1 atom stereocenters. The zero-order valence-corrected chi connectivity index (χ0v) is 18.1. The van der Waals surface area contributed by atoms with Crippen LogP contribution in [-0.2, 0) is 22.4 Å². The van der Waals surface area contributed by atoms with Gasteiger partial charge in [-0.05, 0) is 42.5 Å². The van der Waals surface area contributed by atoms with Crippen molar-refractivity contribution >= 4 is 23.4 Å². The SMILES string of the molecule is CCCCNC(=O)C(CC)N(CCc1ccccc1)C(=O)Cc1ccc(Cl)cc1. The quantitative estimate of drug-likeness (QED) is 0.544. The molecule has 0 spiro atoms. The molecule has 0 saturated carbocycles. The van der Waals surface area contributed by atoms with Gasteiger partial charge in [-0.15, -0.1) is 0 Å². The van der Waals surface area contributed by atoms with Gasteiger partial charge in [0, 0.05) is 18.1 Å². The Morgan fingerprint density at radius 2 is 1.69 bits per heavy atom. The van der Waals surface area contributed by atoms with Crippen molar-refractivity contribution in [3.63, 3.8) is 0 Å². The fraction of sp³-hybridized carbons (Fsp3) is 0.417. The summed E-state index contributed by atoms with van der Waals surface area (Å²) in [6.07, 6.45) is 3.50. The number of carbonyl (C=O) groups excluding carboxylic acids is 2. The minimum atomic E-state index is -0.463. The monoisotopic (exact) mass is 414 g/mol. The molecule has 0 aliphatic carbocycles. The fourth-order valence-electron chi connectivity index (χ4n) is 3.28. The molecule has 4 nitrogen and oxygen atoms in total. The Bertz CT molecular complexity index is 762. The van der Waals surface area contributed by atoms with Gasteiger partial charge in [0.1, 0.15) is 6.04 Å². The van der Waals surface area contributed by atoms with Gasteiger partial charge in [0.15, 0.2) is 0 Å². The Balaban J connectivity index is 2.14. The first-order valence-electron chi connectivity index (χ1n) is 10.4. The number of hydrogen-bond acceptors (Lipinski definition) is 2. The lowest BCUT2D eigenvalue weighted by Crippen LogP contribution is -2.50. The second kappa shape index (κ2) is 12.3. The molecule has 2 rings (SSSR count). The molecule has 156 valence electrons. The van der Waals surface area contributed by atoms with Crippen LogP contribution in [-0.4, -0.2) is 35.8 Å². The van der Waals surface area contributed by atoms with Crippen LogP contribution in [0.2, 0.25) is 5.02 Å². The lowest BCUT2D eigenvalue weighted by molar-refractivity contribution is -0.140. The van der Waals surface area contributed by atoms with Gasteiger partial charge in [-0.3, -0.25) is 9.59 Å². The van der Waals surface area contributed by atoms with E-state index in [1.54, 1.807) is 17.0 Å². The van der Waals surface area contributed by atoms with Crippen LogP contribution in [0.5, 0.6) is 0 Å². The maximum Gasteiger partial charge on any atom is 0.242 e. The normalized spacial score (nSPS) is 11.7. The Hall–Kier alpha value is -2.33. The third kappa shape index (κ3) is 7.54. The summed E-state index contributed by atoms with van der Waals surface area (Å²) in [4.78, 5) is 27.7. The van der Waals surface area contributed by atoms with E-state index in [2.05, 4.69) is 12.2 Å². The summed E-state index contributed by atoms with van der Waals surface area (Å²) >= 11 is 5.95. The highest BCUT2D eigenvalue weighted by Crippen LogP contribution is 2.14. The summed E-state index contributed by atoms with van der Waals surface area (Å²) in [7, 11) is 0. The molecule has 1 N–H and O–H groups in total. The number of nitrogens with one attached hydrogen (secondary N) is 1. The first-order chi connectivity index (χ1) is 14.0. The zero-order valence-electron chi connectivity index (χ0n) is 17.4. The second-order valence-corrected chi connectivity index (χ2v) is 7.63. The number of amides is 2. The molecule has 2 aromatic rings. The molecule has 0 aliphatic rings. The van der Waals surface area contributed by atoms with Crippen LogP contribution in [0, 0.1) is 0 Å². The van der Waals surface area contributed by atoms with Gasteiger partial charge in [-0.1, -0.05) is 74.3 Å². The van der Waals surface area contributed by atoms with E-state index >= 15 is 0 Å². The summed E-state index contributed by atoms with van der Waals surface area (Å²) in [5.41, 5.74) is 2.04. The standard InChI is InChI=1S/C24H31ClN2O2/c1-3-5-16-26-24(29)22(4-2)27(17-15-19-9-7-6-8-10-19)23(28)18-20-11-13-21(25)14-12-20/h6-14,22H,3-5,15-18H2,1-2H3,(H,26,29). The summed E-state index contributed by atoms with van der Waals surface area (Å²) in [5.74, 6) is -0.112. The average molecular weight is 415 g/mol. The van der Waals surface area contributed by atoms with Gasteiger partial charge in [-0.2, -0.15) is 0 Å². The highest BCUT2D eigenvalue weighted by atomic mass is 35.5. The van der Waals surface area contributed by atoms with E-state index in [0.717, 1.165) is 24.0 Å². The van der Waals surface area contributed by atoms with Crippen molar-refractivity contribution in [3.8, 4) is 0 Å². The Morgan fingerprint density at radius 1 is 1.00 bits per heavy atom. The summed E-state index contributed by atoms with van der Waals surface area (Å²) in [6.45, 7) is 5.19.